The van der Waals surface area contributed by atoms with Crippen molar-refractivity contribution in [2.24, 2.45) is 0 Å². The van der Waals surface area contributed by atoms with Gasteiger partial charge in [0.15, 0.2) is 5.95 Å². The number of nitrogens with one attached hydrogen (secondary N) is 1. The highest BCUT2D eigenvalue weighted by Crippen LogP contribution is 2.19. The molecule has 4 nitrogen and oxygen atoms in total. The summed E-state index contributed by atoms with van der Waals surface area (Å²) in [4.78, 5) is 6.97. The van der Waals surface area contributed by atoms with Crippen molar-refractivity contribution in [3.8, 4) is 5.75 Å². The van der Waals surface area contributed by atoms with Crippen LogP contribution in [-0.2, 0) is 6.42 Å². The van der Waals surface area contributed by atoms with E-state index in [4.69, 9.17) is 10.5 Å². The Morgan fingerprint density at radius 1 is 1.44 bits per heavy atom. The predicted octanol–water partition coefficient (Wildman–Crippen LogP) is 1.90. The number of anilines is 1. The molecule has 84 valence electrons. The number of benzene rings is 1. The minimum atomic E-state index is 0.459. The number of methoxy groups -OCH3 is 1. The fraction of sp³-hybridized carbons (Fsp3) is 0.250. The van der Waals surface area contributed by atoms with Crippen LogP contribution >= 0.6 is 0 Å². The molecule has 0 fully saturated rings. The van der Waals surface area contributed by atoms with Gasteiger partial charge in [-0.25, -0.2) is 4.98 Å². The Hall–Kier alpha value is -1.97. The van der Waals surface area contributed by atoms with Crippen LogP contribution in [0.1, 0.15) is 16.8 Å². The van der Waals surface area contributed by atoms with Crippen LogP contribution < -0.4 is 10.5 Å². The number of ether oxygens (including phenoxy) is 1. The lowest BCUT2D eigenvalue weighted by atomic mass is 10.1. The molecule has 0 atom stereocenters. The molecule has 1 aromatic heterocycles. The average Bonchev–Trinajstić information content (AvgIpc) is 2.64. The van der Waals surface area contributed by atoms with Crippen LogP contribution in [0.5, 0.6) is 5.75 Å². The highest BCUT2D eigenvalue weighted by Gasteiger charge is 2.02. The van der Waals surface area contributed by atoms with Crippen molar-refractivity contribution in [2.75, 3.05) is 12.8 Å². The normalized spacial score (nSPS) is 10.4. The number of aryl methyl sites for hydroxylation is 1. The molecule has 0 radical (unpaired) electrons. The number of imidazole rings is 1. The third-order valence-electron chi connectivity index (χ3n) is 2.50. The first kappa shape index (κ1) is 10.5. The van der Waals surface area contributed by atoms with Gasteiger partial charge < -0.3 is 15.5 Å². The first-order valence-corrected chi connectivity index (χ1v) is 5.12. The van der Waals surface area contributed by atoms with Gasteiger partial charge in [-0.1, -0.05) is 12.1 Å². The van der Waals surface area contributed by atoms with Crippen LogP contribution in [0.25, 0.3) is 0 Å². The summed E-state index contributed by atoms with van der Waals surface area (Å²) < 4.78 is 5.21. The lowest BCUT2D eigenvalue weighted by molar-refractivity contribution is 0.411. The second-order valence-corrected chi connectivity index (χ2v) is 3.77. The van der Waals surface area contributed by atoms with E-state index in [1.54, 1.807) is 13.3 Å². The molecule has 1 heterocycles. The number of nitrogens with two attached hydrogens (primary N) is 1. The molecule has 3 N–H and O–H groups in total. The Morgan fingerprint density at radius 2 is 2.25 bits per heavy atom. The highest BCUT2D eigenvalue weighted by molar-refractivity contribution is 5.37. The third-order valence-corrected chi connectivity index (χ3v) is 2.50. The predicted molar refractivity (Wildman–Crippen MR) is 63.5 cm³/mol. The van der Waals surface area contributed by atoms with E-state index in [-0.39, 0.29) is 0 Å². The Morgan fingerprint density at radius 3 is 2.81 bits per heavy atom. The van der Waals surface area contributed by atoms with E-state index < -0.39 is 0 Å². The highest BCUT2D eigenvalue weighted by atomic mass is 16.5. The quantitative estimate of drug-likeness (QED) is 0.825. The Balaban J connectivity index is 2.19. The van der Waals surface area contributed by atoms with Gasteiger partial charge >= 0.3 is 0 Å². The van der Waals surface area contributed by atoms with E-state index in [0.29, 0.717) is 5.95 Å². The van der Waals surface area contributed by atoms with Crippen LogP contribution in [0.15, 0.2) is 24.4 Å². The molecule has 0 spiro atoms. The van der Waals surface area contributed by atoms with Gasteiger partial charge in [0, 0.05) is 12.1 Å². The first-order valence-electron chi connectivity index (χ1n) is 5.12. The van der Waals surface area contributed by atoms with Gasteiger partial charge in [-0.05, 0) is 24.1 Å². The fourth-order valence-electron chi connectivity index (χ4n) is 1.74. The number of nitrogens with zero attached hydrogens (tertiary/aromatic N) is 1. The van der Waals surface area contributed by atoms with Gasteiger partial charge in [0.05, 0.1) is 13.3 Å². The molecular formula is C12H15N3O. The lowest BCUT2D eigenvalue weighted by Gasteiger charge is -2.06. The Bertz CT molecular complexity index is 491. The number of H-pyrrole nitrogens is 1. The summed E-state index contributed by atoms with van der Waals surface area (Å²) in [6, 6.07) is 6.13. The summed E-state index contributed by atoms with van der Waals surface area (Å²) >= 11 is 0. The smallest absolute Gasteiger partial charge is 0.197 e. The summed E-state index contributed by atoms with van der Waals surface area (Å²) in [5.74, 6) is 1.37. The summed E-state index contributed by atoms with van der Waals surface area (Å²) in [5.41, 5.74) is 8.88. The molecule has 0 amide bonds. The van der Waals surface area contributed by atoms with E-state index in [1.165, 1.54) is 5.56 Å². The molecule has 0 aliphatic carbocycles. The summed E-state index contributed by atoms with van der Waals surface area (Å²) in [6.07, 6.45) is 2.56. The van der Waals surface area contributed by atoms with Crippen molar-refractivity contribution in [1.29, 1.82) is 0 Å². The monoisotopic (exact) mass is 217 g/mol. The van der Waals surface area contributed by atoms with E-state index >= 15 is 0 Å². The van der Waals surface area contributed by atoms with Gasteiger partial charge in [-0.3, -0.25) is 0 Å². The second-order valence-electron chi connectivity index (χ2n) is 3.77. The van der Waals surface area contributed by atoms with Crippen LogP contribution in [0.3, 0.4) is 0 Å². The fourth-order valence-corrected chi connectivity index (χ4v) is 1.74. The summed E-state index contributed by atoms with van der Waals surface area (Å²) in [5, 5.41) is 0. The second kappa shape index (κ2) is 4.26. The number of hydrogen-bond donors (Lipinski definition) is 2. The molecule has 0 aliphatic rings. The molecule has 0 bridgehead atoms. The summed E-state index contributed by atoms with van der Waals surface area (Å²) in [7, 11) is 1.68. The zero-order valence-electron chi connectivity index (χ0n) is 9.45. The van der Waals surface area contributed by atoms with E-state index in [9.17, 15) is 0 Å². The van der Waals surface area contributed by atoms with Crippen LogP contribution in [0.4, 0.5) is 5.95 Å². The van der Waals surface area contributed by atoms with E-state index in [0.717, 1.165) is 23.4 Å². The molecule has 2 aromatic rings. The molecule has 16 heavy (non-hydrogen) atoms. The van der Waals surface area contributed by atoms with Crippen molar-refractivity contribution >= 4 is 5.95 Å². The van der Waals surface area contributed by atoms with Crippen LogP contribution in [0, 0.1) is 6.92 Å². The number of nitrogen functional groups attached to an aromatic ring is 1. The maximum Gasteiger partial charge on any atom is 0.197 e. The van der Waals surface area contributed by atoms with Crippen molar-refractivity contribution in [2.45, 2.75) is 13.3 Å². The molecular weight excluding hydrogens is 202 g/mol. The van der Waals surface area contributed by atoms with E-state index in [1.807, 2.05) is 19.1 Å². The number of aromatic amines is 1. The van der Waals surface area contributed by atoms with Gasteiger partial charge in [0.25, 0.3) is 0 Å². The van der Waals surface area contributed by atoms with Crippen molar-refractivity contribution in [3.05, 3.63) is 41.2 Å². The molecule has 4 heteroatoms. The Kier molecular flexibility index (Phi) is 2.81. The molecule has 0 unspecified atom stereocenters. The van der Waals surface area contributed by atoms with Crippen LogP contribution in [-0.4, -0.2) is 17.1 Å². The zero-order chi connectivity index (χ0) is 11.5. The minimum absolute atomic E-state index is 0.459. The molecule has 0 saturated carbocycles. The first-order chi connectivity index (χ1) is 7.69. The van der Waals surface area contributed by atoms with Crippen molar-refractivity contribution in [3.63, 3.8) is 0 Å². The third kappa shape index (κ3) is 2.16. The van der Waals surface area contributed by atoms with Crippen LogP contribution in [0.2, 0.25) is 0 Å². The Labute approximate surface area is 94.5 Å². The maximum atomic E-state index is 5.52. The average molecular weight is 217 g/mol. The largest absolute Gasteiger partial charge is 0.496 e. The molecule has 1 aromatic carbocycles. The maximum absolute atomic E-state index is 5.52. The van der Waals surface area contributed by atoms with E-state index in [2.05, 4.69) is 16.0 Å². The lowest BCUT2D eigenvalue weighted by Crippen LogP contribution is -1.93. The number of hydrogen-bond acceptors (Lipinski definition) is 3. The topological polar surface area (TPSA) is 63.9 Å². The minimum Gasteiger partial charge on any atom is -0.496 e. The number of aromatic nitrogens is 2. The standard InChI is InChI=1S/C12H15N3O/c1-8-5-9(3-4-11(8)16-2)6-10-7-14-12(13)15-10/h3-5,7H,6H2,1-2H3,(H3,13,14,15). The van der Waals surface area contributed by atoms with Gasteiger partial charge in [0.1, 0.15) is 5.75 Å². The number of rotatable bonds is 3. The van der Waals surface area contributed by atoms with Gasteiger partial charge in [0.2, 0.25) is 0 Å². The van der Waals surface area contributed by atoms with Gasteiger partial charge in [-0.2, -0.15) is 0 Å². The molecule has 2 rings (SSSR count). The van der Waals surface area contributed by atoms with Crippen molar-refractivity contribution in [1.82, 2.24) is 9.97 Å². The molecule has 0 aliphatic heterocycles. The SMILES string of the molecule is COc1ccc(Cc2cnc(N)[nH]2)cc1C. The van der Waals surface area contributed by atoms with Gasteiger partial charge in [-0.15, -0.1) is 0 Å². The zero-order valence-corrected chi connectivity index (χ0v) is 9.45. The summed E-state index contributed by atoms with van der Waals surface area (Å²) in [6.45, 7) is 2.03. The molecule has 0 saturated heterocycles. The van der Waals surface area contributed by atoms with Crippen molar-refractivity contribution < 1.29 is 4.74 Å².